The maximum Gasteiger partial charge on any atom is 0.410 e. The van der Waals surface area contributed by atoms with Crippen LogP contribution < -0.4 is 0 Å². The molecule has 4 atom stereocenters. The molecule has 2 aliphatic rings. The van der Waals surface area contributed by atoms with Crippen LogP contribution in [0.5, 0.6) is 0 Å². The number of likely N-dealkylation sites (tertiary alicyclic amines) is 1. The quantitative estimate of drug-likeness (QED) is 0.666. The fourth-order valence-electron chi connectivity index (χ4n) is 4.01. The van der Waals surface area contributed by atoms with E-state index in [1.54, 1.807) is 0 Å². The van der Waals surface area contributed by atoms with Crippen molar-refractivity contribution in [2.45, 2.75) is 84.8 Å². The molecule has 5 heteroatoms. The van der Waals surface area contributed by atoms with E-state index in [0.29, 0.717) is 25.0 Å². The number of allylic oxidation sites excluding steroid dienone is 1. The molecule has 2 heterocycles. The lowest BCUT2D eigenvalue weighted by Crippen LogP contribution is -2.53. The minimum Gasteiger partial charge on any atom is -0.444 e. The van der Waals surface area contributed by atoms with E-state index in [4.69, 9.17) is 14.2 Å². The van der Waals surface area contributed by atoms with Crippen LogP contribution in [0.25, 0.3) is 0 Å². The highest BCUT2D eigenvalue weighted by molar-refractivity contribution is 5.69. The Hall–Kier alpha value is -1.07. The number of ether oxygens (including phenoxy) is 3. The number of carbonyl (C=O) groups is 1. The summed E-state index contributed by atoms with van der Waals surface area (Å²) in [4.78, 5) is 14.5. The zero-order valence-electron chi connectivity index (χ0n) is 17.6. The second kappa shape index (κ2) is 7.89. The van der Waals surface area contributed by atoms with Gasteiger partial charge >= 0.3 is 6.09 Å². The molecule has 0 aromatic rings. The van der Waals surface area contributed by atoms with Crippen molar-refractivity contribution in [3.63, 3.8) is 0 Å². The van der Waals surface area contributed by atoms with Gasteiger partial charge in [-0.05, 0) is 59.3 Å². The van der Waals surface area contributed by atoms with Crippen LogP contribution in [0.1, 0.15) is 61.3 Å². The Bertz CT molecular complexity index is 509. The number of amides is 1. The van der Waals surface area contributed by atoms with Crippen LogP contribution in [-0.2, 0) is 14.2 Å². The molecule has 1 amide bonds. The molecule has 2 fully saturated rings. The summed E-state index contributed by atoms with van der Waals surface area (Å²) in [6.45, 7) is 19.2. The summed E-state index contributed by atoms with van der Waals surface area (Å²) in [6.07, 6.45) is 3.82. The first kappa shape index (κ1) is 21.2. The topological polar surface area (TPSA) is 48.0 Å². The van der Waals surface area contributed by atoms with Gasteiger partial charge in [0.25, 0.3) is 0 Å². The Labute approximate surface area is 159 Å². The van der Waals surface area contributed by atoms with Gasteiger partial charge in [-0.25, -0.2) is 4.79 Å². The largest absolute Gasteiger partial charge is 0.444 e. The van der Waals surface area contributed by atoms with Gasteiger partial charge in [0.2, 0.25) is 0 Å². The van der Waals surface area contributed by atoms with Gasteiger partial charge in [-0.2, -0.15) is 0 Å². The molecule has 0 radical (unpaired) electrons. The average molecular weight is 368 g/mol. The lowest BCUT2D eigenvalue weighted by molar-refractivity contribution is -0.287. The van der Waals surface area contributed by atoms with Gasteiger partial charge in [0.15, 0.2) is 5.79 Å². The maximum absolute atomic E-state index is 12.7. The smallest absolute Gasteiger partial charge is 0.410 e. The molecule has 0 saturated carbocycles. The Morgan fingerprint density at radius 3 is 2.58 bits per heavy atom. The number of rotatable bonds is 5. The van der Waals surface area contributed by atoms with Crippen LogP contribution in [0, 0.1) is 17.8 Å². The summed E-state index contributed by atoms with van der Waals surface area (Å²) in [5.41, 5.74) is -0.512. The minimum atomic E-state index is -0.620. The molecule has 4 unspecified atom stereocenters. The summed E-state index contributed by atoms with van der Waals surface area (Å²) in [5.74, 6) is 0.681. The predicted octanol–water partition coefficient (Wildman–Crippen LogP) is 4.61. The van der Waals surface area contributed by atoms with Crippen LogP contribution in [0.2, 0.25) is 0 Å². The molecule has 5 nitrogen and oxygen atoms in total. The molecule has 0 aliphatic carbocycles. The first-order valence-corrected chi connectivity index (χ1v) is 9.86. The van der Waals surface area contributed by atoms with Crippen LogP contribution >= 0.6 is 0 Å². The number of hydrogen-bond acceptors (Lipinski definition) is 4. The molecule has 2 rings (SSSR count). The summed E-state index contributed by atoms with van der Waals surface area (Å²) >= 11 is 0. The monoisotopic (exact) mass is 367 g/mol. The van der Waals surface area contributed by atoms with E-state index in [1.807, 2.05) is 39.5 Å². The van der Waals surface area contributed by atoms with E-state index in [2.05, 4.69) is 26.5 Å². The minimum absolute atomic E-state index is 0.0270. The lowest BCUT2D eigenvalue weighted by atomic mass is 9.85. The zero-order valence-corrected chi connectivity index (χ0v) is 17.6. The van der Waals surface area contributed by atoms with Gasteiger partial charge < -0.3 is 14.2 Å². The predicted molar refractivity (Wildman–Crippen MR) is 103 cm³/mol. The van der Waals surface area contributed by atoms with Crippen molar-refractivity contribution < 1.29 is 19.0 Å². The molecule has 0 aromatic heterocycles. The fourth-order valence-corrected chi connectivity index (χ4v) is 4.01. The number of carbonyl (C=O) groups excluding carboxylic acids is 1. The van der Waals surface area contributed by atoms with Crippen molar-refractivity contribution in [3.05, 3.63) is 12.7 Å². The van der Waals surface area contributed by atoms with Crippen molar-refractivity contribution in [3.8, 4) is 0 Å². The normalized spacial score (nSPS) is 29.4. The highest BCUT2D eigenvalue weighted by Crippen LogP contribution is 2.39. The van der Waals surface area contributed by atoms with Crippen molar-refractivity contribution in [1.29, 1.82) is 0 Å². The third-order valence-electron chi connectivity index (χ3n) is 5.04. The Morgan fingerprint density at radius 1 is 1.38 bits per heavy atom. The van der Waals surface area contributed by atoms with Crippen molar-refractivity contribution in [2.24, 2.45) is 17.8 Å². The first-order chi connectivity index (χ1) is 11.9. The van der Waals surface area contributed by atoms with Gasteiger partial charge in [-0.3, -0.25) is 4.90 Å². The standard InChI is InChI=1S/C21H37NO4/c1-9-15(10-14(2)3)11-16-12-22(19(23)26-20(4,5)6)17-13-24-21(7,8)25-18(16)17/h9,14-18H,1,10-13H2,2-8H3. The van der Waals surface area contributed by atoms with E-state index < -0.39 is 11.4 Å². The third kappa shape index (κ3) is 5.46. The van der Waals surface area contributed by atoms with E-state index >= 15 is 0 Å². The first-order valence-electron chi connectivity index (χ1n) is 9.86. The van der Waals surface area contributed by atoms with Gasteiger partial charge in [0.05, 0.1) is 18.8 Å². The van der Waals surface area contributed by atoms with E-state index in [1.165, 1.54) is 0 Å². The van der Waals surface area contributed by atoms with E-state index in [-0.39, 0.29) is 24.2 Å². The molecule has 0 N–H and O–H groups in total. The number of hydrogen-bond donors (Lipinski definition) is 0. The highest BCUT2D eigenvalue weighted by atomic mass is 16.7. The molecule has 0 bridgehead atoms. The SMILES string of the molecule is C=CC(CC(C)C)CC1CN(C(=O)OC(C)(C)C)C2COC(C)(C)OC12. The van der Waals surface area contributed by atoms with Crippen LogP contribution in [0.3, 0.4) is 0 Å². The number of fused-ring (bicyclic) bond motifs is 1. The van der Waals surface area contributed by atoms with Crippen molar-refractivity contribution >= 4 is 6.09 Å². The van der Waals surface area contributed by atoms with Gasteiger partial charge in [0, 0.05) is 12.5 Å². The summed E-state index contributed by atoms with van der Waals surface area (Å²) < 4.78 is 17.7. The molecule has 150 valence electrons. The molecule has 2 saturated heterocycles. The molecule has 2 aliphatic heterocycles. The third-order valence-corrected chi connectivity index (χ3v) is 5.04. The molecule has 26 heavy (non-hydrogen) atoms. The van der Waals surface area contributed by atoms with Gasteiger partial charge in [-0.1, -0.05) is 19.9 Å². The maximum atomic E-state index is 12.7. The number of nitrogens with zero attached hydrogens (tertiary/aromatic N) is 1. The lowest BCUT2D eigenvalue weighted by Gasteiger charge is -2.41. The van der Waals surface area contributed by atoms with Crippen molar-refractivity contribution in [1.82, 2.24) is 4.90 Å². The summed E-state index contributed by atoms with van der Waals surface area (Å²) in [5, 5.41) is 0. The van der Waals surface area contributed by atoms with Gasteiger partial charge in [0.1, 0.15) is 5.60 Å². The molecule has 0 aromatic carbocycles. The van der Waals surface area contributed by atoms with Crippen LogP contribution in [0.15, 0.2) is 12.7 Å². The molecular formula is C21H37NO4. The molecular weight excluding hydrogens is 330 g/mol. The van der Waals surface area contributed by atoms with E-state index in [9.17, 15) is 4.79 Å². The van der Waals surface area contributed by atoms with Crippen LogP contribution in [-0.4, -0.2) is 47.7 Å². The van der Waals surface area contributed by atoms with Gasteiger partial charge in [-0.15, -0.1) is 6.58 Å². The van der Waals surface area contributed by atoms with Crippen LogP contribution in [0.4, 0.5) is 4.79 Å². The Kier molecular flexibility index (Phi) is 6.44. The summed E-state index contributed by atoms with van der Waals surface area (Å²) in [7, 11) is 0. The Morgan fingerprint density at radius 2 is 2.04 bits per heavy atom. The second-order valence-electron chi connectivity index (χ2n) is 9.61. The highest BCUT2D eigenvalue weighted by Gasteiger charge is 2.51. The second-order valence-corrected chi connectivity index (χ2v) is 9.61. The van der Waals surface area contributed by atoms with E-state index in [0.717, 1.165) is 12.8 Å². The fraction of sp³-hybridized carbons (Fsp3) is 0.857. The summed E-state index contributed by atoms with van der Waals surface area (Å²) in [6, 6.07) is -0.0904. The molecule has 0 spiro atoms. The average Bonchev–Trinajstić information content (AvgIpc) is 2.81. The van der Waals surface area contributed by atoms with Crippen molar-refractivity contribution in [2.75, 3.05) is 13.2 Å². The Balaban J connectivity index is 2.16. The zero-order chi connectivity index (χ0) is 19.7.